The number of non-ortho nitro benzene ring substituents is 1. The van der Waals surface area contributed by atoms with E-state index in [0.717, 1.165) is 4.34 Å². The quantitative estimate of drug-likeness (QED) is 0.365. The highest BCUT2D eigenvalue weighted by molar-refractivity contribution is 8.01. The summed E-state index contributed by atoms with van der Waals surface area (Å²) >= 11 is 2.57. The zero-order valence-corrected chi connectivity index (χ0v) is 11.5. The summed E-state index contributed by atoms with van der Waals surface area (Å²) in [4.78, 5) is 26.0. The Morgan fingerprint density at radius 1 is 1.42 bits per heavy atom. The summed E-state index contributed by atoms with van der Waals surface area (Å²) in [6, 6.07) is 5.58. The van der Waals surface area contributed by atoms with Crippen molar-refractivity contribution in [2.75, 3.05) is 5.75 Å². The van der Waals surface area contributed by atoms with Crippen LogP contribution in [0.1, 0.15) is 16.2 Å². The summed E-state index contributed by atoms with van der Waals surface area (Å²) in [5.41, 5.74) is 0.434. The van der Waals surface area contributed by atoms with Crippen molar-refractivity contribution >= 4 is 34.8 Å². The number of rotatable bonds is 5. The van der Waals surface area contributed by atoms with Crippen molar-refractivity contribution in [2.24, 2.45) is 0 Å². The molecule has 98 valence electrons. The Bertz CT molecular complexity index is 610. The van der Waals surface area contributed by atoms with Crippen molar-refractivity contribution in [2.45, 2.75) is 11.3 Å². The monoisotopic (exact) mass is 295 g/mol. The maximum absolute atomic E-state index is 11.9. The second-order valence-electron chi connectivity index (χ2n) is 3.62. The largest absolute Gasteiger partial charge is 0.293 e. The number of carbonyl (C=O) groups is 1. The van der Waals surface area contributed by atoms with E-state index in [1.54, 1.807) is 6.92 Å². The Morgan fingerprint density at radius 3 is 2.63 bits per heavy atom. The first-order chi connectivity index (χ1) is 9.06. The number of thioether (sulfide) groups is 1. The molecule has 1 heterocycles. The molecule has 0 N–H and O–H groups in total. The molecule has 1 aromatic carbocycles. The number of benzene rings is 1. The molecular weight excluding hydrogens is 286 g/mol. The maximum atomic E-state index is 11.9. The molecule has 0 saturated heterocycles. The van der Waals surface area contributed by atoms with Crippen LogP contribution in [0, 0.1) is 17.0 Å². The van der Waals surface area contributed by atoms with Gasteiger partial charge >= 0.3 is 0 Å². The van der Waals surface area contributed by atoms with Crippen LogP contribution in [0.3, 0.4) is 0 Å². The van der Waals surface area contributed by atoms with E-state index in [1.807, 2.05) is 0 Å². The summed E-state index contributed by atoms with van der Waals surface area (Å²) < 4.78 is 4.77. The van der Waals surface area contributed by atoms with Crippen LogP contribution in [0.5, 0.6) is 0 Å². The first-order valence-electron chi connectivity index (χ1n) is 5.27. The van der Waals surface area contributed by atoms with Crippen molar-refractivity contribution in [3.05, 3.63) is 45.8 Å². The van der Waals surface area contributed by atoms with Gasteiger partial charge in [0.1, 0.15) is 5.82 Å². The molecule has 1 aromatic heterocycles. The molecule has 0 spiro atoms. The van der Waals surface area contributed by atoms with E-state index in [-0.39, 0.29) is 17.2 Å². The molecule has 0 fully saturated rings. The Labute approximate surface area is 117 Å². The third-order valence-electron chi connectivity index (χ3n) is 2.24. The summed E-state index contributed by atoms with van der Waals surface area (Å²) in [5, 5.41) is 10.5. The van der Waals surface area contributed by atoms with E-state index in [4.69, 9.17) is 0 Å². The number of nitrogens with zero attached hydrogens (tertiary/aromatic N) is 3. The van der Waals surface area contributed by atoms with Gasteiger partial charge in [-0.3, -0.25) is 14.9 Å². The van der Waals surface area contributed by atoms with Crippen LogP contribution in [-0.2, 0) is 0 Å². The van der Waals surface area contributed by atoms with Gasteiger partial charge in [-0.2, -0.15) is 4.37 Å². The third-order valence-corrected chi connectivity index (χ3v) is 4.16. The SMILES string of the molecule is Cc1nsc(SCC(=O)c2ccc([N+](=O)[O-])cc2)n1. The van der Waals surface area contributed by atoms with Gasteiger partial charge in [0.15, 0.2) is 10.1 Å². The van der Waals surface area contributed by atoms with Crippen molar-refractivity contribution in [1.82, 2.24) is 9.36 Å². The van der Waals surface area contributed by atoms with E-state index >= 15 is 0 Å². The lowest BCUT2D eigenvalue weighted by Crippen LogP contribution is -2.02. The average molecular weight is 295 g/mol. The van der Waals surface area contributed by atoms with E-state index in [2.05, 4.69) is 9.36 Å². The van der Waals surface area contributed by atoms with Gasteiger partial charge in [0, 0.05) is 17.7 Å². The Kier molecular flexibility index (Phi) is 4.23. The summed E-state index contributed by atoms with van der Waals surface area (Å²) in [6.07, 6.45) is 0. The minimum atomic E-state index is -0.493. The van der Waals surface area contributed by atoms with Crippen LogP contribution in [0.25, 0.3) is 0 Å². The van der Waals surface area contributed by atoms with E-state index in [0.29, 0.717) is 11.4 Å². The van der Waals surface area contributed by atoms with Gasteiger partial charge in [-0.15, -0.1) is 0 Å². The lowest BCUT2D eigenvalue weighted by atomic mass is 10.1. The molecule has 2 rings (SSSR count). The number of Topliss-reactive ketones (excluding diaryl/α,β-unsaturated/α-hetero) is 1. The summed E-state index contributed by atoms with van der Waals surface area (Å²) in [7, 11) is 0. The highest BCUT2D eigenvalue weighted by Gasteiger charge is 2.11. The zero-order valence-electron chi connectivity index (χ0n) is 9.90. The van der Waals surface area contributed by atoms with Gasteiger partial charge in [0.25, 0.3) is 5.69 Å². The number of carbonyl (C=O) groups excluding carboxylic acids is 1. The number of nitro groups is 1. The molecule has 6 nitrogen and oxygen atoms in total. The molecule has 8 heteroatoms. The molecule has 0 saturated carbocycles. The number of hydrogen-bond acceptors (Lipinski definition) is 7. The first-order valence-corrected chi connectivity index (χ1v) is 7.03. The minimum absolute atomic E-state index is 0.0241. The van der Waals surface area contributed by atoms with Crippen molar-refractivity contribution in [3.63, 3.8) is 0 Å². The van der Waals surface area contributed by atoms with Gasteiger partial charge < -0.3 is 0 Å². The van der Waals surface area contributed by atoms with Crippen LogP contribution in [0.4, 0.5) is 5.69 Å². The van der Waals surface area contributed by atoms with E-state index in [1.165, 1.54) is 47.6 Å². The molecule has 0 aliphatic heterocycles. The van der Waals surface area contributed by atoms with Crippen molar-refractivity contribution < 1.29 is 9.72 Å². The Hall–Kier alpha value is -1.80. The van der Waals surface area contributed by atoms with E-state index in [9.17, 15) is 14.9 Å². The van der Waals surface area contributed by atoms with Crippen LogP contribution in [0.15, 0.2) is 28.6 Å². The summed E-state index contributed by atoms with van der Waals surface area (Å²) in [5.74, 6) is 0.843. The number of aromatic nitrogens is 2. The van der Waals surface area contributed by atoms with Crippen LogP contribution in [-0.4, -0.2) is 25.8 Å². The van der Waals surface area contributed by atoms with Gasteiger partial charge in [-0.05, 0) is 30.6 Å². The fourth-order valence-corrected chi connectivity index (χ4v) is 2.86. The van der Waals surface area contributed by atoms with Crippen molar-refractivity contribution in [1.29, 1.82) is 0 Å². The molecule has 0 bridgehead atoms. The number of aryl methyl sites for hydroxylation is 1. The molecule has 2 aromatic rings. The third kappa shape index (κ3) is 3.58. The topological polar surface area (TPSA) is 86.0 Å². The fourth-order valence-electron chi connectivity index (χ4n) is 1.32. The number of nitro benzene ring substituents is 1. The van der Waals surface area contributed by atoms with Gasteiger partial charge in [0.05, 0.1) is 10.7 Å². The lowest BCUT2D eigenvalue weighted by Gasteiger charge is -1.98. The second kappa shape index (κ2) is 5.89. The minimum Gasteiger partial charge on any atom is -0.293 e. The highest BCUT2D eigenvalue weighted by Crippen LogP contribution is 2.21. The summed E-state index contributed by atoms with van der Waals surface area (Å²) in [6.45, 7) is 1.79. The molecular formula is C11H9N3O3S2. The van der Waals surface area contributed by atoms with Crippen LogP contribution >= 0.6 is 23.3 Å². The Morgan fingerprint density at radius 2 is 2.11 bits per heavy atom. The first kappa shape index (κ1) is 13.6. The van der Waals surface area contributed by atoms with E-state index < -0.39 is 4.92 Å². The molecule has 0 atom stereocenters. The van der Waals surface area contributed by atoms with Crippen LogP contribution in [0.2, 0.25) is 0 Å². The van der Waals surface area contributed by atoms with Crippen LogP contribution < -0.4 is 0 Å². The average Bonchev–Trinajstić information content (AvgIpc) is 2.82. The fraction of sp³-hybridized carbons (Fsp3) is 0.182. The molecule has 19 heavy (non-hydrogen) atoms. The van der Waals surface area contributed by atoms with Gasteiger partial charge in [-0.1, -0.05) is 11.8 Å². The Balaban J connectivity index is 1.98. The second-order valence-corrected chi connectivity index (χ2v) is 5.60. The normalized spacial score (nSPS) is 10.4. The molecule has 0 radical (unpaired) electrons. The maximum Gasteiger partial charge on any atom is 0.269 e. The zero-order chi connectivity index (χ0) is 13.8. The van der Waals surface area contributed by atoms with Crippen molar-refractivity contribution in [3.8, 4) is 0 Å². The lowest BCUT2D eigenvalue weighted by molar-refractivity contribution is -0.384. The molecule has 0 amide bonds. The molecule has 0 aliphatic carbocycles. The number of ketones is 1. The highest BCUT2D eigenvalue weighted by atomic mass is 32.2. The predicted octanol–water partition coefficient (Wildman–Crippen LogP) is 2.73. The van der Waals surface area contributed by atoms with Gasteiger partial charge in [-0.25, -0.2) is 4.98 Å². The predicted molar refractivity (Wildman–Crippen MR) is 72.8 cm³/mol. The molecule has 0 aliphatic rings. The number of hydrogen-bond donors (Lipinski definition) is 0. The molecule has 0 unspecified atom stereocenters. The smallest absolute Gasteiger partial charge is 0.269 e. The van der Waals surface area contributed by atoms with Gasteiger partial charge in [0.2, 0.25) is 0 Å². The standard InChI is InChI=1S/C11H9N3O3S2/c1-7-12-11(19-13-7)18-6-10(15)8-2-4-9(5-3-8)14(16)17/h2-5H,6H2,1H3.